The molecule has 2 aliphatic heterocycles. The topological polar surface area (TPSA) is 297 Å². The Morgan fingerprint density at radius 2 is 1.69 bits per heavy atom. The first-order valence-electron chi connectivity index (χ1n) is 12.2. The lowest BCUT2D eigenvalue weighted by Gasteiger charge is -2.25. The van der Waals surface area contributed by atoms with Crippen LogP contribution in [-0.4, -0.2) is 113 Å². The number of rotatable bonds is 10. The fraction of sp³-hybridized carbons (Fsp3) is 0.600. The number of aliphatic hydroxyl groups is 2. The van der Waals surface area contributed by atoms with Crippen LogP contribution in [0.15, 0.2) is 22.2 Å². The highest BCUT2D eigenvalue weighted by Crippen LogP contribution is 2.49. The summed E-state index contributed by atoms with van der Waals surface area (Å²) in [5.41, 5.74) is 9.64. The molecular formula is C20H28N9O12P. The van der Waals surface area contributed by atoms with Gasteiger partial charge in [-0.3, -0.25) is 28.0 Å². The third-order valence-corrected chi connectivity index (χ3v) is 7.71. The van der Waals surface area contributed by atoms with E-state index in [2.05, 4.69) is 24.9 Å². The van der Waals surface area contributed by atoms with E-state index in [0.29, 0.717) is 0 Å². The van der Waals surface area contributed by atoms with Crippen LogP contribution in [0, 0.1) is 0 Å². The second-order valence-electron chi connectivity index (χ2n) is 9.22. The second-order valence-corrected chi connectivity index (χ2v) is 10.6. The number of nitrogens with one attached hydrogen (secondary N) is 1. The van der Waals surface area contributed by atoms with Crippen molar-refractivity contribution in [2.24, 2.45) is 0 Å². The molecular weight excluding hydrogens is 589 g/mol. The molecule has 21 nitrogen and oxygen atoms in total. The van der Waals surface area contributed by atoms with Gasteiger partial charge in [0.15, 0.2) is 23.6 Å². The first-order valence-corrected chi connectivity index (χ1v) is 13.7. The molecule has 3 aromatic heterocycles. The number of nitrogens with zero attached hydrogens (tertiary/aromatic N) is 6. The highest BCUT2D eigenvalue weighted by Gasteiger charge is 2.51. The van der Waals surface area contributed by atoms with Gasteiger partial charge in [0, 0.05) is 14.2 Å². The number of hydrogen-bond acceptors (Lipinski definition) is 17. The number of hydrogen-bond donors (Lipinski definition) is 6. The van der Waals surface area contributed by atoms with Crippen molar-refractivity contribution in [2.45, 2.75) is 49.1 Å². The number of nitrogen functional groups attached to an aromatic ring is 2. The van der Waals surface area contributed by atoms with Crippen LogP contribution in [0.25, 0.3) is 11.2 Å². The molecule has 22 heteroatoms. The maximum atomic E-state index is 13.0. The second kappa shape index (κ2) is 11.7. The molecule has 2 saturated heterocycles. The number of aromatic amines is 1. The fourth-order valence-electron chi connectivity index (χ4n) is 4.80. The van der Waals surface area contributed by atoms with Gasteiger partial charge in [0.25, 0.3) is 5.56 Å². The Labute approximate surface area is 234 Å². The average molecular weight is 617 g/mol. The number of aliphatic hydroxyl groups excluding tert-OH is 2. The Morgan fingerprint density at radius 1 is 1.02 bits per heavy atom. The van der Waals surface area contributed by atoms with Gasteiger partial charge >= 0.3 is 13.5 Å². The Hall–Kier alpha value is -3.37. The van der Waals surface area contributed by atoms with E-state index < -0.39 is 81.4 Å². The van der Waals surface area contributed by atoms with Crippen LogP contribution in [0.5, 0.6) is 0 Å². The number of H-pyrrole nitrogens is 1. The molecule has 5 rings (SSSR count). The van der Waals surface area contributed by atoms with Gasteiger partial charge in [-0.1, -0.05) is 0 Å². The lowest BCUT2D eigenvalue weighted by atomic mass is 10.1. The molecule has 0 radical (unpaired) electrons. The van der Waals surface area contributed by atoms with Gasteiger partial charge in [-0.15, -0.1) is 0 Å². The number of ether oxygens (including phenoxy) is 4. The van der Waals surface area contributed by atoms with E-state index >= 15 is 0 Å². The van der Waals surface area contributed by atoms with Crippen LogP contribution < -0.4 is 22.7 Å². The zero-order valence-electron chi connectivity index (χ0n) is 22.0. The van der Waals surface area contributed by atoms with Gasteiger partial charge < -0.3 is 45.5 Å². The van der Waals surface area contributed by atoms with Gasteiger partial charge in [0.1, 0.15) is 43.0 Å². The summed E-state index contributed by atoms with van der Waals surface area (Å²) < 4.78 is 47.9. The standard InChI is InChI=1S/C20H28N9O12P/c1-36-12-10(31)8(40-16(12)28-5-23-9-14(28)25-19(22)26-15(9)32)4-38-42(34,35)41-11-7(3-30)39-17(13(11)37-2)29-6-24-18(21)27-20(29)33/h5-8,10-13,16-17,30-31H,3-4H2,1-2H3,(H,34,35)(H2,21,27,33)(H3,22,25,26,32)/t7-,8-,10+,11+,12?,13?,16-,17-/m1/s1. The van der Waals surface area contributed by atoms with Crippen LogP contribution in [0.1, 0.15) is 12.5 Å². The lowest BCUT2D eigenvalue weighted by molar-refractivity contribution is -0.0630. The Morgan fingerprint density at radius 3 is 2.36 bits per heavy atom. The highest BCUT2D eigenvalue weighted by atomic mass is 31.2. The molecule has 0 aliphatic carbocycles. The molecule has 8 N–H and O–H groups in total. The van der Waals surface area contributed by atoms with E-state index in [1.807, 2.05) is 0 Å². The van der Waals surface area contributed by atoms with E-state index in [4.69, 9.17) is 39.5 Å². The number of anilines is 2. The molecule has 0 amide bonds. The number of imidazole rings is 1. The van der Waals surface area contributed by atoms with Crippen molar-refractivity contribution in [1.82, 2.24) is 34.1 Å². The number of fused-ring (bicyclic) bond motifs is 1. The van der Waals surface area contributed by atoms with Crippen molar-refractivity contribution in [1.29, 1.82) is 0 Å². The van der Waals surface area contributed by atoms with Crippen LogP contribution in [-0.2, 0) is 32.6 Å². The third-order valence-electron chi connectivity index (χ3n) is 6.72. The summed E-state index contributed by atoms with van der Waals surface area (Å²) in [5.74, 6) is -0.463. The van der Waals surface area contributed by atoms with Gasteiger partial charge in [0.2, 0.25) is 11.9 Å². The minimum atomic E-state index is -4.95. The van der Waals surface area contributed by atoms with Crippen molar-refractivity contribution < 1.29 is 47.7 Å². The van der Waals surface area contributed by atoms with Crippen LogP contribution in [0.3, 0.4) is 0 Å². The summed E-state index contributed by atoms with van der Waals surface area (Å²) in [6.07, 6.45) is -7.57. The van der Waals surface area contributed by atoms with E-state index in [-0.39, 0.29) is 23.1 Å². The minimum Gasteiger partial charge on any atom is -0.394 e. The molecule has 2 fully saturated rings. The van der Waals surface area contributed by atoms with E-state index in [9.17, 15) is 29.3 Å². The molecule has 2 aliphatic rings. The van der Waals surface area contributed by atoms with Gasteiger partial charge in [-0.25, -0.2) is 19.3 Å². The number of methoxy groups -OCH3 is 2. The van der Waals surface area contributed by atoms with Gasteiger partial charge in [-0.05, 0) is 0 Å². The molecule has 0 bridgehead atoms. The summed E-state index contributed by atoms with van der Waals surface area (Å²) in [6, 6.07) is 0. The molecule has 0 aromatic carbocycles. The quantitative estimate of drug-likeness (QED) is 0.121. The zero-order valence-corrected chi connectivity index (χ0v) is 22.9. The SMILES string of the molecule is COC1[C@@H](OP(=O)(O)OC[C@H]2O[C@@H](n3cnc4c(=O)[nH]c(N)nc43)C(OC)[C@H]2O)[C@@H](CO)O[C@H]1n1cnc(N)nc1=O. The number of phosphoric ester groups is 1. The fourth-order valence-corrected chi connectivity index (χ4v) is 5.76. The lowest BCUT2D eigenvalue weighted by Crippen LogP contribution is -2.39. The van der Waals surface area contributed by atoms with Crippen molar-refractivity contribution >= 4 is 30.9 Å². The average Bonchev–Trinajstić information content (AvgIpc) is 3.60. The highest BCUT2D eigenvalue weighted by molar-refractivity contribution is 7.47. The molecule has 0 spiro atoms. The first kappa shape index (κ1) is 30.1. The van der Waals surface area contributed by atoms with Crippen LogP contribution in [0.2, 0.25) is 0 Å². The predicted octanol–water partition coefficient (Wildman–Crippen LogP) is -3.38. The van der Waals surface area contributed by atoms with Gasteiger partial charge in [-0.2, -0.15) is 9.97 Å². The zero-order chi connectivity index (χ0) is 30.3. The third kappa shape index (κ3) is 5.54. The van der Waals surface area contributed by atoms with Crippen molar-refractivity contribution in [2.75, 3.05) is 38.9 Å². The molecule has 5 heterocycles. The normalized spacial score (nSPS) is 31.1. The summed E-state index contributed by atoms with van der Waals surface area (Å²) >= 11 is 0. The molecule has 230 valence electrons. The molecule has 42 heavy (non-hydrogen) atoms. The summed E-state index contributed by atoms with van der Waals surface area (Å²) in [4.78, 5) is 52.6. The first-order chi connectivity index (χ1) is 20.0. The molecule has 0 saturated carbocycles. The van der Waals surface area contributed by atoms with E-state index in [1.165, 1.54) is 25.1 Å². The Kier molecular flexibility index (Phi) is 8.40. The minimum absolute atomic E-state index is 0.0406. The Bertz CT molecular complexity index is 1600. The van der Waals surface area contributed by atoms with Crippen LogP contribution in [0.4, 0.5) is 11.9 Å². The maximum Gasteiger partial charge on any atom is 0.472 e. The molecule has 3 aromatic rings. The van der Waals surface area contributed by atoms with Crippen molar-refractivity contribution in [3.63, 3.8) is 0 Å². The van der Waals surface area contributed by atoms with E-state index in [0.717, 1.165) is 10.9 Å². The summed E-state index contributed by atoms with van der Waals surface area (Å²) in [5, 5.41) is 20.7. The molecule has 9 atom stereocenters. The maximum absolute atomic E-state index is 13.0. The van der Waals surface area contributed by atoms with Gasteiger partial charge in [0.05, 0.1) is 19.5 Å². The van der Waals surface area contributed by atoms with Crippen molar-refractivity contribution in [3.8, 4) is 0 Å². The van der Waals surface area contributed by atoms with E-state index in [1.54, 1.807) is 0 Å². The number of nitrogens with two attached hydrogens (primary N) is 2. The van der Waals surface area contributed by atoms with Crippen LogP contribution >= 0.6 is 7.82 Å². The summed E-state index contributed by atoms with van der Waals surface area (Å²) in [6.45, 7) is -1.36. The molecule has 3 unspecified atom stereocenters. The van der Waals surface area contributed by atoms with Crippen molar-refractivity contribution in [3.05, 3.63) is 33.5 Å². The number of aromatic nitrogens is 7. The smallest absolute Gasteiger partial charge is 0.394 e. The largest absolute Gasteiger partial charge is 0.472 e. The predicted molar refractivity (Wildman–Crippen MR) is 136 cm³/mol. The number of phosphoric acid groups is 1. The monoisotopic (exact) mass is 617 g/mol. The summed E-state index contributed by atoms with van der Waals surface area (Å²) in [7, 11) is -2.42. The Balaban J connectivity index is 1.30.